The van der Waals surface area contributed by atoms with Crippen molar-refractivity contribution in [2.75, 3.05) is 0 Å². The molecule has 0 radical (unpaired) electrons. The number of aryl methyl sites for hydroxylation is 3. The highest BCUT2D eigenvalue weighted by Gasteiger charge is 2.21. The van der Waals surface area contributed by atoms with Crippen molar-refractivity contribution < 1.29 is 0 Å². The summed E-state index contributed by atoms with van der Waals surface area (Å²) >= 11 is 0. The number of rotatable bonds is 6. The Kier molecular flexibility index (Phi) is 8.90. The molecule has 11 aromatic rings. The summed E-state index contributed by atoms with van der Waals surface area (Å²) in [7, 11) is 0. The lowest BCUT2D eigenvalue weighted by atomic mass is 9.93. The Morgan fingerprint density at radius 2 is 0.937 bits per heavy atom. The zero-order valence-electron chi connectivity index (χ0n) is 35.2. The van der Waals surface area contributed by atoms with E-state index in [4.69, 9.17) is 6.57 Å². The van der Waals surface area contributed by atoms with Gasteiger partial charge in [0.25, 0.3) is 0 Å². The number of para-hydroxylation sites is 2. The van der Waals surface area contributed by atoms with Gasteiger partial charge in [-0.3, -0.25) is 0 Å². The highest BCUT2D eigenvalue weighted by atomic mass is 15.0. The lowest BCUT2D eigenvalue weighted by Gasteiger charge is -2.19. The van der Waals surface area contributed by atoms with Gasteiger partial charge >= 0.3 is 0 Å². The maximum Gasteiger partial charge on any atom is 0.195 e. The molecule has 0 saturated heterocycles. The molecular weight excluding hydrogens is 765 g/mol. The van der Waals surface area contributed by atoms with Crippen LogP contribution in [-0.4, -0.2) is 9.13 Å². The summed E-state index contributed by atoms with van der Waals surface area (Å²) in [6.07, 6.45) is 0. The second-order valence-corrected chi connectivity index (χ2v) is 16.5. The molecule has 0 saturated carbocycles. The Bertz CT molecular complexity index is 3750. The van der Waals surface area contributed by atoms with Crippen LogP contribution < -0.4 is 0 Å². The Balaban J connectivity index is 1.18. The highest BCUT2D eigenvalue weighted by molar-refractivity contribution is 6.12. The molecule has 0 spiro atoms. The predicted molar refractivity (Wildman–Crippen MR) is 262 cm³/mol. The molecule has 63 heavy (non-hydrogen) atoms. The van der Waals surface area contributed by atoms with Crippen LogP contribution in [0.15, 0.2) is 188 Å². The second-order valence-electron chi connectivity index (χ2n) is 16.5. The first-order chi connectivity index (χ1) is 30.9. The van der Waals surface area contributed by atoms with Crippen LogP contribution in [0.1, 0.15) is 22.3 Å². The van der Waals surface area contributed by atoms with Crippen molar-refractivity contribution in [2.24, 2.45) is 0 Å². The molecule has 2 aromatic heterocycles. The number of aromatic nitrogens is 2. The van der Waals surface area contributed by atoms with Crippen LogP contribution in [0.5, 0.6) is 0 Å². The van der Waals surface area contributed by atoms with Crippen molar-refractivity contribution >= 4 is 49.3 Å². The molecule has 0 fully saturated rings. The number of hydrogen-bond donors (Lipinski definition) is 0. The average molecular weight is 805 g/mol. The fourth-order valence-electron chi connectivity index (χ4n) is 9.76. The lowest BCUT2D eigenvalue weighted by Crippen LogP contribution is -2.00. The van der Waals surface area contributed by atoms with E-state index in [0.717, 1.165) is 66.6 Å². The van der Waals surface area contributed by atoms with E-state index >= 15 is 0 Å². The monoisotopic (exact) mass is 804 g/mol. The first-order valence-electron chi connectivity index (χ1n) is 21.3. The van der Waals surface area contributed by atoms with Crippen molar-refractivity contribution in [3.8, 4) is 62.0 Å². The Morgan fingerprint density at radius 1 is 0.413 bits per heavy atom. The van der Waals surface area contributed by atoms with Gasteiger partial charge in [-0.1, -0.05) is 115 Å². The van der Waals surface area contributed by atoms with Crippen molar-refractivity contribution in [3.05, 3.63) is 222 Å². The molecule has 0 aliphatic carbocycles. The van der Waals surface area contributed by atoms with Crippen molar-refractivity contribution in [3.63, 3.8) is 0 Å². The summed E-state index contributed by atoms with van der Waals surface area (Å²) in [5.74, 6) is 0. The summed E-state index contributed by atoms with van der Waals surface area (Å²) < 4.78 is 4.70. The van der Waals surface area contributed by atoms with Crippen LogP contribution in [-0.2, 0) is 0 Å². The van der Waals surface area contributed by atoms with E-state index in [1.165, 1.54) is 49.5 Å². The third kappa shape index (κ3) is 6.12. The molecule has 0 bridgehead atoms. The number of benzene rings is 9. The molecule has 9 aromatic carbocycles. The fourth-order valence-corrected chi connectivity index (χ4v) is 9.76. The standard InChI is InChI=1S/C59H40N4/c1-37-13-5-7-15-45(37)41-22-28-57-51(32-41)48-17-9-11-19-55(48)62(57)44-25-27-54(61-4)50(35-44)53-34-43(47-26-21-40(36-60)31-39(47)3)24-30-59(53)63-56-20-12-10-18-49(56)52-33-42(23-29-58(52)63)46-16-8-6-14-38(46)2/h5-35H,1-3H3. The minimum absolute atomic E-state index is 0.568. The molecule has 0 atom stereocenters. The predicted octanol–water partition coefficient (Wildman–Crippen LogP) is 15.9. The topological polar surface area (TPSA) is 38.0 Å². The van der Waals surface area contributed by atoms with Gasteiger partial charge in [0, 0.05) is 27.2 Å². The summed E-state index contributed by atoms with van der Waals surface area (Å²) in [6, 6.07) is 68.9. The normalized spacial score (nSPS) is 11.4. The van der Waals surface area contributed by atoms with E-state index < -0.39 is 0 Å². The summed E-state index contributed by atoms with van der Waals surface area (Å²) in [5.41, 5.74) is 19.7. The zero-order valence-corrected chi connectivity index (χ0v) is 35.2. The van der Waals surface area contributed by atoms with Crippen LogP contribution in [0.3, 0.4) is 0 Å². The molecule has 4 heteroatoms. The number of fused-ring (bicyclic) bond motifs is 6. The molecular formula is C59H40N4. The second kappa shape index (κ2) is 14.9. The van der Waals surface area contributed by atoms with Crippen molar-refractivity contribution in [1.29, 1.82) is 5.26 Å². The first kappa shape index (κ1) is 37.6. The van der Waals surface area contributed by atoms with Gasteiger partial charge in [-0.25, -0.2) is 4.85 Å². The maximum absolute atomic E-state index is 9.71. The maximum atomic E-state index is 9.71. The molecule has 2 heterocycles. The number of hydrogen-bond acceptors (Lipinski definition) is 1. The van der Waals surface area contributed by atoms with Crippen LogP contribution >= 0.6 is 0 Å². The van der Waals surface area contributed by atoms with E-state index in [2.05, 4.69) is 205 Å². The van der Waals surface area contributed by atoms with Crippen LogP contribution in [0.4, 0.5) is 5.69 Å². The van der Waals surface area contributed by atoms with Crippen LogP contribution in [0, 0.1) is 38.7 Å². The van der Waals surface area contributed by atoms with E-state index in [-0.39, 0.29) is 0 Å². The van der Waals surface area contributed by atoms with E-state index in [9.17, 15) is 5.26 Å². The summed E-state index contributed by atoms with van der Waals surface area (Å²) in [6.45, 7) is 15.0. The number of nitrogens with zero attached hydrogens (tertiary/aromatic N) is 4. The van der Waals surface area contributed by atoms with Gasteiger partial charge in [0.05, 0.1) is 46.0 Å². The van der Waals surface area contributed by atoms with Gasteiger partial charge in [0.15, 0.2) is 5.69 Å². The fraction of sp³-hybridized carbons (Fsp3) is 0.0508. The van der Waals surface area contributed by atoms with E-state index in [1.54, 1.807) is 0 Å². The molecule has 0 aliphatic heterocycles. The Labute approximate surface area is 366 Å². The van der Waals surface area contributed by atoms with Gasteiger partial charge in [-0.15, -0.1) is 0 Å². The van der Waals surface area contributed by atoms with E-state index in [1.807, 2.05) is 24.3 Å². The molecule has 4 nitrogen and oxygen atoms in total. The molecule has 11 rings (SSSR count). The molecule has 0 unspecified atom stereocenters. The minimum Gasteiger partial charge on any atom is -0.309 e. The third-order valence-electron chi connectivity index (χ3n) is 12.8. The average Bonchev–Trinajstić information content (AvgIpc) is 3.83. The van der Waals surface area contributed by atoms with Gasteiger partial charge in [-0.05, 0) is 155 Å². The van der Waals surface area contributed by atoms with E-state index in [0.29, 0.717) is 11.3 Å². The van der Waals surface area contributed by atoms with Crippen LogP contribution in [0.2, 0.25) is 0 Å². The number of nitriles is 1. The SMILES string of the molecule is [C-]#[N+]c1ccc(-n2c3ccccc3c3cc(-c4ccccc4C)ccc32)cc1-c1cc(-c2ccc(C#N)cc2C)ccc1-n1c2ccccc2c2cc(-c3ccccc3C)ccc21. The Morgan fingerprint density at radius 3 is 1.54 bits per heavy atom. The Hall–Kier alpha value is -8.44. The molecule has 0 N–H and O–H groups in total. The van der Waals surface area contributed by atoms with Gasteiger partial charge in [0.1, 0.15) is 0 Å². The molecule has 296 valence electrons. The third-order valence-corrected chi connectivity index (χ3v) is 12.8. The smallest absolute Gasteiger partial charge is 0.195 e. The van der Waals surface area contributed by atoms with Crippen molar-refractivity contribution in [1.82, 2.24) is 9.13 Å². The first-order valence-corrected chi connectivity index (χ1v) is 21.3. The quantitative estimate of drug-likeness (QED) is 0.154. The van der Waals surface area contributed by atoms with Gasteiger partial charge < -0.3 is 9.13 Å². The lowest BCUT2D eigenvalue weighted by molar-refractivity contribution is 1.17. The molecule has 0 amide bonds. The van der Waals surface area contributed by atoms with Gasteiger partial charge in [0.2, 0.25) is 0 Å². The van der Waals surface area contributed by atoms with Crippen LogP contribution in [0.25, 0.3) is 104 Å². The molecule has 0 aliphatic rings. The van der Waals surface area contributed by atoms with Crippen molar-refractivity contribution in [2.45, 2.75) is 20.8 Å². The van der Waals surface area contributed by atoms with Gasteiger partial charge in [-0.2, -0.15) is 5.26 Å². The zero-order chi connectivity index (χ0) is 42.8. The minimum atomic E-state index is 0.568. The summed E-state index contributed by atoms with van der Waals surface area (Å²) in [5, 5.41) is 14.4. The largest absolute Gasteiger partial charge is 0.309 e. The highest BCUT2D eigenvalue weighted by Crippen LogP contribution is 2.44. The summed E-state index contributed by atoms with van der Waals surface area (Å²) in [4.78, 5) is 4.19.